The van der Waals surface area contributed by atoms with E-state index in [2.05, 4.69) is 89.1 Å². The van der Waals surface area contributed by atoms with Gasteiger partial charge in [-0.1, -0.05) is 96.6 Å². The van der Waals surface area contributed by atoms with Crippen LogP contribution in [0.4, 0.5) is 11.4 Å². The number of azo groups is 1. The maximum atomic E-state index is 10.5. The second kappa shape index (κ2) is 9.36. The van der Waals surface area contributed by atoms with E-state index in [1.807, 2.05) is 37.3 Å². The summed E-state index contributed by atoms with van der Waals surface area (Å²) in [6.07, 6.45) is 0. The van der Waals surface area contributed by atoms with E-state index in [4.69, 9.17) is 0 Å². The largest absolute Gasteiger partial charge is 0.506 e. The number of rotatable bonds is 5. The average Bonchev–Trinajstić information content (AvgIpc) is 2.86. The van der Waals surface area contributed by atoms with Crippen LogP contribution in [0, 0.1) is 6.92 Å². The Bertz CT molecular complexity index is 1380. The summed E-state index contributed by atoms with van der Waals surface area (Å²) in [4.78, 5) is 0. The molecule has 0 aromatic heterocycles. The van der Waals surface area contributed by atoms with E-state index >= 15 is 0 Å². The van der Waals surface area contributed by atoms with Crippen LogP contribution in [0.2, 0.25) is 0 Å². The zero-order chi connectivity index (χ0) is 22.6. The van der Waals surface area contributed by atoms with Crippen molar-refractivity contribution in [2.75, 3.05) is 0 Å². The lowest BCUT2D eigenvalue weighted by molar-refractivity contribution is 0.477. The van der Waals surface area contributed by atoms with Crippen LogP contribution >= 0.6 is 7.92 Å². The van der Waals surface area contributed by atoms with Gasteiger partial charge in [-0.25, -0.2) is 0 Å². The molecule has 160 valence electrons. The molecular formula is C29H23N2OP. The van der Waals surface area contributed by atoms with E-state index in [-0.39, 0.29) is 5.75 Å². The maximum Gasteiger partial charge on any atom is 0.143 e. The first-order valence-electron chi connectivity index (χ1n) is 10.8. The molecule has 0 unspecified atom stereocenters. The minimum atomic E-state index is -0.700. The average molecular weight is 446 g/mol. The molecule has 5 aromatic rings. The highest BCUT2D eigenvalue weighted by atomic mass is 31.1. The smallest absolute Gasteiger partial charge is 0.143 e. The van der Waals surface area contributed by atoms with Crippen molar-refractivity contribution in [2.45, 2.75) is 6.92 Å². The first-order chi connectivity index (χ1) is 16.2. The predicted octanol–water partition coefficient (Wildman–Crippen LogP) is 7.03. The Morgan fingerprint density at radius 2 is 1.24 bits per heavy atom. The number of nitrogens with zero attached hydrogens (tertiary/aromatic N) is 2. The van der Waals surface area contributed by atoms with Crippen molar-refractivity contribution >= 4 is 46.0 Å². The molecule has 0 atom stereocenters. The summed E-state index contributed by atoms with van der Waals surface area (Å²) in [6, 6.07) is 39.2. The van der Waals surface area contributed by atoms with Crippen molar-refractivity contribution < 1.29 is 5.11 Å². The number of fused-ring (bicyclic) bond motifs is 1. The predicted molar refractivity (Wildman–Crippen MR) is 140 cm³/mol. The summed E-state index contributed by atoms with van der Waals surface area (Å²) in [5.41, 5.74) is 2.41. The second-order valence-electron chi connectivity index (χ2n) is 7.88. The quantitative estimate of drug-likeness (QED) is 0.229. The monoisotopic (exact) mass is 446 g/mol. The lowest BCUT2D eigenvalue weighted by atomic mass is 10.1. The Hall–Kier alpha value is -3.81. The van der Waals surface area contributed by atoms with Gasteiger partial charge >= 0.3 is 0 Å². The maximum absolute atomic E-state index is 10.5. The molecule has 0 spiro atoms. The summed E-state index contributed by atoms with van der Waals surface area (Å²) in [6.45, 7) is 2.04. The number of aromatic hydroxyl groups is 1. The first-order valence-corrected chi connectivity index (χ1v) is 12.2. The van der Waals surface area contributed by atoms with Gasteiger partial charge in [0.25, 0.3) is 0 Å². The standard InChI is InChI=1S/C29H23N2OP/c1-21-12-15-23(16-13-21)30-31-29-27-18-17-26(20-22(27)14-19-28(29)32)33(24-8-4-2-5-9-24)25-10-6-3-7-11-25/h2-20,32H,1H3. The fourth-order valence-electron chi connectivity index (χ4n) is 3.85. The van der Waals surface area contributed by atoms with Crippen LogP contribution in [0.1, 0.15) is 5.56 Å². The van der Waals surface area contributed by atoms with Crippen LogP contribution in [0.15, 0.2) is 125 Å². The topological polar surface area (TPSA) is 45.0 Å². The Kier molecular flexibility index (Phi) is 5.97. The summed E-state index contributed by atoms with van der Waals surface area (Å²) in [7, 11) is -0.700. The van der Waals surface area contributed by atoms with Crippen molar-refractivity contribution in [2.24, 2.45) is 10.2 Å². The zero-order valence-electron chi connectivity index (χ0n) is 18.3. The molecule has 0 radical (unpaired) electrons. The van der Waals surface area contributed by atoms with Gasteiger partial charge in [-0.3, -0.25) is 0 Å². The van der Waals surface area contributed by atoms with Gasteiger partial charge in [0.15, 0.2) is 0 Å². The normalized spacial score (nSPS) is 11.5. The minimum absolute atomic E-state index is 0.125. The van der Waals surface area contributed by atoms with E-state index in [1.165, 1.54) is 21.5 Å². The molecule has 0 aliphatic carbocycles. The van der Waals surface area contributed by atoms with E-state index in [0.29, 0.717) is 5.69 Å². The summed E-state index contributed by atoms with van der Waals surface area (Å²) >= 11 is 0. The van der Waals surface area contributed by atoms with Crippen molar-refractivity contribution in [3.8, 4) is 5.75 Å². The molecular weight excluding hydrogens is 423 g/mol. The molecule has 0 bridgehead atoms. The minimum Gasteiger partial charge on any atom is -0.506 e. The molecule has 0 saturated carbocycles. The van der Waals surface area contributed by atoms with Crippen LogP contribution in [0.3, 0.4) is 0 Å². The molecule has 3 nitrogen and oxygen atoms in total. The Labute approximate surface area is 194 Å². The molecule has 0 amide bonds. The fourth-order valence-corrected chi connectivity index (χ4v) is 6.18. The van der Waals surface area contributed by atoms with Crippen LogP contribution in [-0.2, 0) is 0 Å². The molecule has 0 saturated heterocycles. The molecule has 4 heteroatoms. The Morgan fingerprint density at radius 3 is 1.88 bits per heavy atom. The molecule has 0 aliphatic heterocycles. The van der Waals surface area contributed by atoms with Crippen molar-refractivity contribution in [3.63, 3.8) is 0 Å². The Morgan fingerprint density at radius 1 is 0.606 bits per heavy atom. The highest BCUT2D eigenvalue weighted by molar-refractivity contribution is 7.79. The molecule has 5 aromatic carbocycles. The van der Waals surface area contributed by atoms with Crippen LogP contribution in [0.5, 0.6) is 5.75 Å². The number of hydrogen-bond acceptors (Lipinski definition) is 3. The van der Waals surface area contributed by atoms with Crippen molar-refractivity contribution in [3.05, 3.63) is 121 Å². The highest BCUT2D eigenvalue weighted by Gasteiger charge is 2.17. The highest BCUT2D eigenvalue weighted by Crippen LogP contribution is 2.39. The van der Waals surface area contributed by atoms with Gasteiger partial charge in [0.2, 0.25) is 0 Å². The third-order valence-electron chi connectivity index (χ3n) is 5.54. The number of phenolic OH excluding ortho intramolecular Hbond substituents is 1. The van der Waals surface area contributed by atoms with E-state index < -0.39 is 7.92 Å². The zero-order valence-corrected chi connectivity index (χ0v) is 19.2. The van der Waals surface area contributed by atoms with Gasteiger partial charge in [0, 0.05) is 5.39 Å². The van der Waals surface area contributed by atoms with E-state index in [9.17, 15) is 5.11 Å². The lowest BCUT2D eigenvalue weighted by Gasteiger charge is -2.20. The third kappa shape index (κ3) is 4.55. The van der Waals surface area contributed by atoms with Crippen LogP contribution in [-0.4, -0.2) is 5.11 Å². The molecule has 0 aliphatic rings. The van der Waals surface area contributed by atoms with E-state index in [0.717, 1.165) is 16.5 Å². The molecule has 33 heavy (non-hydrogen) atoms. The van der Waals surface area contributed by atoms with Crippen LogP contribution < -0.4 is 15.9 Å². The lowest BCUT2D eigenvalue weighted by Crippen LogP contribution is -2.20. The third-order valence-corrected chi connectivity index (χ3v) is 7.96. The van der Waals surface area contributed by atoms with Gasteiger partial charge in [-0.05, 0) is 60.4 Å². The van der Waals surface area contributed by atoms with Crippen LogP contribution in [0.25, 0.3) is 10.8 Å². The molecule has 1 N–H and O–H groups in total. The number of hydrogen-bond donors (Lipinski definition) is 1. The van der Waals surface area contributed by atoms with Gasteiger partial charge in [0.05, 0.1) is 5.69 Å². The second-order valence-corrected chi connectivity index (χ2v) is 10.1. The summed E-state index contributed by atoms with van der Waals surface area (Å²) in [5, 5.41) is 25.0. The van der Waals surface area contributed by atoms with Gasteiger partial charge in [-0.15, -0.1) is 5.11 Å². The van der Waals surface area contributed by atoms with Crippen molar-refractivity contribution in [1.82, 2.24) is 0 Å². The summed E-state index contributed by atoms with van der Waals surface area (Å²) < 4.78 is 0. The summed E-state index contributed by atoms with van der Waals surface area (Å²) in [5.74, 6) is 0.125. The fraction of sp³-hybridized carbons (Fsp3) is 0.0345. The SMILES string of the molecule is Cc1ccc(N=Nc2c(O)ccc3cc(P(c4ccccc4)c4ccccc4)ccc23)cc1. The van der Waals surface area contributed by atoms with Gasteiger partial charge in [-0.2, -0.15) is 5.11 Å². The number of benzene rings is 5. The number of phenols is 1. The molecule has 0 fully saturated rings. The molecule has 0 heterocycles. The van der Waals surface area contributed by atoms with Gasteiger partial charge in [0.1, 0.15) is 11.4 Å². The number of aryl methyl sites for hydroxylation is 1. The molecule has 5 rings (SSSR count). The van der Waals surface area contributed by atoms with Crippen molar-refractivity contribution in [1.29, 1.82) is 0 Å². The Balaban J connectivity index is 1.59. The van der Waals surface area contributed by atoms with Gasteiger partial charge < -0.3 is 5.11 Å². The first kappa shape index (κ1) is 21.1. The van der Waals surface area contributed by atoms with E-state index in [1.54, 1.807) is 6.07 Å².